The molecule has 1 amide bonds. The Hall–Kier alpha value is -4.43. The summed E-state index contributed by atoms with van der Waals surface area (Å²) in [5.41, 5.74) is 3.01. The largest absolute Gasteiger partial charge is 0.503 e. The molecule has 1 aliphatic heterocycles. The Morgan fingerprint density at radius 1 is 1.00 bits per heavy atom. The van der Waals surface area contributed by atoms with Crippen molar-refractivity contribution in [2.24, 2.45) is 0 Å². The molecule has 204 valence electrons. The van der Waals surface area contributed by atoms with Gasteiger partial charge in [0.2, 0.25) is 5.78 Å². The van der Waals surface area contributed by atoms with Crippen LogP contribution in [0.2, 0.25) is 0 Å². The second kappa shape index (κ2) is 11.4. The van der Waals surface area contributed by atoms with Crippen LogP contribution in [0.5, 0.6) is 11.5 Å². The number of methoxy groups -OCH3 is 1. The van der Waals surface area contributed by atoms with E-state index < -0.39 is 23.5 Å². The minimum atomic E-state index is -0.792. The number of carbonyl (C=O) groups excluding carboxylic acids is 2. The highest BCUT2D eigenvalue weighted by molar-refractivity contribution is 7.17. The quantitative estimate of drug-likeness (QED) is 0.232. The number of benzene rings is 3. The van der Waals surface area contributed by atoms with E-state index in [1.54, 1.807) is 26.2 Å². The Bertz CT molecular complexity index is 1560. The monoisotopic (exact) mass is 554 g/mol. The summed E-state index contributed by atoms with van der Waals surface area (Å²) in [4.78, 5) is 34.1. The lowest BCUT2D eigenvalue weighted by Gasteiger charge is -2.27. The maximum atomic E-state index is 14.1. The maximum Gasteiger partial charge on any atom is 0.290 e. The van der Waals surface area contributed by atoms with Gasteiger partial charge in [-0.05, 0) is 56.2 Å². The van der Waals surface area contributed by atoms with Gasteiger partial charge in [0.1, 0.15) is 16.5 Å². The van der Waals surface area contributed by atoms with Gasteiger partial charge in [-0.25, -0.2) is 4.98 Å². The minimum Gasteiger partial charge on any atom is -0.503 e. The van der Waals surface area contributed by atoms with Crippen LogP contribution in [-0.4, -0.2) is 39.9 Å². The van der Waals surface area contributed by atoms with Crippen molar-refractivity contribution in [1.29, 1.82) is 0 Å². The molecule has 1 atom stereocenters. The van der Waals surface area contributed by atoms with Crippen LogP contribution in [0.3, 0.4) is 0 Å². The maximum absolute atomic E-state index is 14.1. The molecule has 5 rings (SSSR count). The van der Waals surface area contributed by atoms with Gasteiger partial charge in [-0.3, -0.25) is 9.59 Å². The summed E-state index contributed by atoms with van der Waals surface area (Å²) in [5, 5.41) is 11.8. The third kappa shape index (κ3) is 5.35. The fourth-order valence-corrected chi connectivity index (χ4v) is 5.78. The molecule has 4 aromatic rings. The van der Waals surface area contributed by atoms with Crippen molar-refractivity contribution in [3.63, 3.8) is 0 Å². The zero-order valence-corrected chi connectivity index (χ0v) is 23.6. The van der Waals surface area contributed by atoms with Crippen LogP contribution in [0.25, 0.3) is 10.6 Å². The number of aliphatic hydroxyl groups is 1. The number of aliphatic hydroxyl groups excluding tert-OH is 1. The average molecular weight is 555 g/mol. The molecule has 1 aliphatic rings. The molecule has 0 saturated carbocycles. The topological polar surface area (TPSA) is 89.0 Å². The smallest absolute Gasteiger partial charge is 0.290 e. The first-order valence-corrected chi connectivity index (χ1v) is 13.8. The molecule has 1 N–H and O–H groups in total. The number of nitrogens with zero attached hydrogens (tertiary/aromatic N) is 2. The molecule has 8 heteroatoms. The second-order valence-electron chi connectivity index (χ2n) is 9.81. The number of hydrogen-bond donors (Lipinski definition) is 1. The summed E-state index contributed by atoms with van der Waals surface area (Å²) < 4.78 is 11.1. The lowest BCUT2D eigenvalue weighted by atomic mass is 9.94. The Balaban J connectivity index is 1.53. The van der Waals surface area contributed by atoms with Gasteiger partial charge >= 0.3 is 0 Å². The number of thiazole rings is 1. The van der Waals surface area contributed by atoms with E-state index in [-0.39, 0.29) is 18.2 Å². The summed E-state index contributed by atoms with van der Waals surface area (Å²) in [6.45, 7) is 5.87. The number of aryl methyl sites for hydroxylation is 1. The highest BCUT2D eigenvalue weighted by Crippen LogP contribution is 2.42. The fraction of sp³-hybridized carbons (Fsp3) is 0.219. The van der Waals surface area contributed by atoms with Crippen molar-refractivity contribution in [3.8, 4) is 22.1 Å². The molecule has 1 aromatic heterocycles. The first kappa shape index (κ1) is 27.1. The van der Waals surface area contributed by atoms with Crippen LogP contribution in [0.4, 0.5) is 0 Å². The number of hydrogen-bond acceptors (Lipinski definition) is 7. The average Bonchev–Trinajstić information content (AvgIpc) is 3.47. The molecule has 0 spiro atoms. The van der Waals surface area contributed by atoms with Crippen LogP contribution < -0.4 is 9.47 Å². The molecule has 1 unspecified atom stereocenters. The van der Waals surface area contributed by atoms with E-state index in [0.29, 0.717) is 26.9 Å². The Labute approximate surface area is 237 Å². The zero-order valence-electron chi connectivity index (χ0n) is 22.8. The third-order valence-corrected chi connectivity index (χ3v) is 7.86. The molecular weight excluding hydrogens is 524 g/mol. The van der Waals surface area contributed by atoms with E-state index in [2.05, 4.69) is 4.98 Å². The van der Waals surface area contributed by atoms with E-state index in [1.165, 1.54) is 16.2 Å². The Morgan fingerprint density at radius 2 is 1.65 bits per heavy atom. The normalized spacial score (nSPS) is 15.2. The summed E-state index contributed by atoms with van der Waals surface area (Å²) >= 11 is 1.26. The van der Waals surface area contributed by atoms with E-state index in [0.717, 1.165) is 16.9 Å². The fourth-order valence-electron chi connectivity index (χ4n) is 4.76. The van der Waals surface area contributed by atoms with Gasteiger partial charge in [0.25, 0.3) is 5.91 Å². The van der Waals surface area contributed by atoms with Crippen molar-refractivity contribution in [1.82, 2.24) is 9.88 Å². The lowest BCUT2D eigenvalue weighted by Crippen LogP contribution is -2.30. The molecule has 2 heterocycles. The third-order valence-electron chi connectivity index (χ3n) is 6.65. The van der Waals surface area contributed by atoms with Crippen molar-refractivity contribution >= 4 is 23.0 Å². The van der Waals surface area contributed by atoms with Gasteiger partial charge in [-0.2, -0.15) is 0 Å². The van der Waals surface area contributed by atoms with Gasteiger partial charge in [-0.15, -0.1) is 11.3 Å². The lowest BCUT2D eigenvalue weighted by molar-refractivity contribution is -0.130. The van der Waals surface area contributed by atoms with Crippen LogP contribution in [0, 0.1) is 6.92 Å². The van der Waals surface area contributed by atoms with Crippen LogP contribution in [0.1, 0.15) is 46.4 Å². The summed E-state index contributed by atoms with van der Waals surface area (Å²) in [6.07, 6.45) is 0.0396. The first-order chi connectivity index (χ1) is 19.3. The summed E-state index contributed by atoms with van der Waals surface area (Å²) in [7, 11) is 1.57. The van der Waals surface area contributed by atoms with Crippen molar-refractivity contribution < 1.29 is 24.2 Å². The van der Waals surface area contributed by atoms with E-state index >= 15 is 0 Å². The van der Waals surface area contributed by atoms with E-state index in [4.69, 9.17) is 9.47 Å². The molecule has 0 aliphatic carbocycles. The summed E-state index contributed by atoms with van der Waals surface area (Å²) in [5.74, 6) is -0.180. The Morgan fingerprint density at radius 3 is 2.27 bits per heavy atom. The van der Waals surface area contributed by atoms with Gasteiger partial charge in [0.15, 0.2) is 5.76 Å². The molecule has 0 fully saturated rings. The molecule has 0 bridgehead atoms. The Kier molecular flexibility index (Phi) is 7.71. The molecule has 0 saturated heterocycles. The number of Topliss-reactive ketones (excluding diaryl/α,β-unsaturated/α-hetero) is 1. The first-order valence-electron chi connectivity index (χ1n) is 13.0. The van der Waals surface area contributed by atoms with E-state index in [1.807, 2.05) is 80.6 Å². The van der Waals surface area contributed by atoms with Crippen molar-refractivity contribution in [2.45, 2.75) is 39.5 Å². The number of amides is 1. The molecule has 0 radical (unpaired) electrons. The number of aromatic nitrogens is 1. The van der Waals surface area contributed by atoms with Crippen LogP contribution >= 0.6 is 11.3 Å². The van der Waals surface area contributed by atoms with Crippen LogP contribution in [0.15, 0.2) is 90.2 Å². The standard InChI is InChI=1S/C32H30N2O5S/c1-19(2)39-25-14-10-21(11-15-25)18-34-27(22-12-16-24(38-4)17-13-22)26(29(36)32(34)37)28(35)30-20(3)33-31(40-30)23-8-6-5-7-9-23/h5-17,19,27,36H,18H2,1-4H3. The number of rotatable bonds is 9. The predicted octanol–water partition coefficient (Wildman–Crippen LogP) is 6.69. The molecule has 7 nitrogen and oxygen atoms in total. The van der Waals surface area contributed by atoms with Gasteiger partial charge in [0, 0.05) is 12.1 Å². The molecule has 3 aromatic carbocycles. The molecule has 40 heavy (non-hydrogen) atoms. The zero-order chi connectivity index (χ0) is 28.4. The molecular formula is C32H30N2O5S. The van der Waals surface area contributed by atoms with Gasteiger partial charge in [0.05, 0.1) is 35.4 Å². The van der Waals surface area contributed by atoms with Gasteiger partial charge in [-0.1, -0.05) is 54.6 Å². The second-order valence-corrected chi connectivity index (χ2v) is 10.8. The van der Waals surface area contributed by atoms with Gasteiger partial charge < -0.3 is 19.5 Å². The number of ether oxygens (including phenoxy) is 2. The predicted molar refractivity (Wildman–Crippen MR) is 155 cm³/mol. The van der Waals surface area contributed by atoms with Crippen LogP contribution in [-0.2, 0) is 11.3 Å². The van der Waals surface area contributed by atoms with Crippen molar-refractivity contribution in [2.75, 3.05) is 7.11 Å². The van der Waals surface area contributed by atoms with E-state index in [9.17, 15) is 14.7 Å². The number of carbonyl (C=O) groups is 2. The minimum absolute atomic E-state index is 0.0396. The SMILES string of the molecule is COc1ccc(C2C(C(=O)c3sc(-c4ccccc4)nc3C)=C(O)C(=O)N2Cc2ccc(OC(C)C)cc2)cc1. The number of ketones is 1. The highest BCUT2D eigenvalue weighted by Gasteiger charge is 2.44. The van der Waals surface area contributed by atoms with Crippen molar-refractivity contribution in [3.05, 3.63) is 112 Å². The highest BCUT2D eigenvalue weighted by atomic mass is 32.1. The summed E-state index contributed by atoms with van der Waals surface area (Å²) in [6, 6.07) is 23.5.